The maximum absolute atomic E-state index is 5.51. The maximum Gasteiger partial charge on any atom is 0.251 e. The van der Waals surface area contributed by atoms with E-state index in [1.807, 2.05) is 7.11 Å². The minimum atomic E-state index is -1.03. The molecule has 0 aliphatic heterocycles. The molecule has 14 heavy (non-hydrogen) atoms. The van der Waals surface area contributed by atoms with E-state index < -0.39 is 9.20 Å². The molecular weight excluding hydrogens is 190 g/mol. The van der Waals surface area contributed by atoms with Crippen LogP contribution in [0, 0.1) is 5.92 Å². The standard InChI is InChI=1S/C11H25NOSi/c1-3-12-14(13-2)10-9-11-7-5-4-6-8-11/h11-12,14H,3-10H2,1-2H3. The Kier molecular flexibility index (Phi) is 6.48. The molecule has 0 bridgehead atoms. The molecule has 0 spiro atoms. The molecule has 84 valence electrons. The van der Waals surface area contributed by atoms with Crippen LogP contribution in [0.1, 0.15) is 45.4 Å². The molecule has 0 aromatic rings. The summed E-state index contributed by atoms with van der Waals surface area (Å²) in [5.74, 6) is 1.01. The Balaban J connectivity index is 2.10. The van der Waals surface area contributed by atoms with Gasteiger partial charge in [-0.05, 0) is 24.9 Å². The molecule has 1 aliphatic rings. The van der Waals surface area contributed by atoms with Gasteiger partial charge in [0.15, 0.2) is 0 Å². The summed E-state index contributed by atoms with van der Waals surface area (Å²) in [5.41, 5.74) is 0. The highest BCUT2D eigenvalue weighted by Crippen LogP contribution is 2.27. The fourth-order valence-corrected chi connectivity index (χ4v) is 4.23. The van der Waals surface area contributed by atoms with Crippen LogP contribution in [0.25, 0.3) is 0 Å². The van der Waals surface area contributed by atoms with Gasteiger partial charge in [-0.2, -0.15) is 0 Å². The number of nitrogens with one attached hydrogen (secondary N) is 1. The molecule has 0 amide bonds. The van der Waals surface area contributed by atoms with E-state index in [9.17, 15) is 0 Å². The smallest absolute Gasteiger partial charge is 0.251 e. The van der Waals surface area contributed by atoms with Crippen molar-refractivity contribution in [2.75, 3.05) is 13.7 Å². The van der Waals surface area contributed by atoms with Gasteiger partial charge < -0.3 is 9.41 Å². The molecule has 1 atom stereocenters. The Morgan fingerprint density at radius 2 is 2.00 bits per heavy atom. The van der Waals surface area contributed by atoms with Crippen molar-refractivity contribution in [2.45, 2.75) is 51.5 Å². The highest BCUT2D eigenvalue weighted by atomic mass is 28.3. The summed E-state index contributed by atoms with van der Waals surface area (Å²) in [4.78, 5) is 3.49. The van der Waals surface area contributed by atoms with Gasteiger partial charge >= 0.3 is 0 Å². The third-order valence-corrected chi connectivity index (χ3v) is 5.57. The van der Waals surface area contributed by atoms with E-state index in [0.717, 1.165) is 12.5 Å². The largest absolute Gasteiger partial charge is 0.409 e. The molecule has 0 saturated heterocycles. The quantitative estimate of drug-likeness (QED) is 0.687. The van der Waals surface area contributed by atoms with E-state index in [2.05, 4.69) is 11.9 Å². The summed E-state index contributed by atoms with van der Waals surface area (Å²) < 4.78 is 5.51. The van der Waals surface area contributed by atoms with E-state index in [4.69, 9.17) is 4.43 Å². The minimum absolute atomic E-state index is 1.01. The van der Waals surface area contributed by atoms with Gasteiger partial charge in [0.25, 0.3) is 9.20 Å². The highest BCUT2D eigenvalue weighted by molar-refractivity contribution is 6.48. The average Bonchev–Trinajstić information content (AvgIpc) is 2.25. The van der Waals surface area contributed by atoms with Crippen molar-refractivity contribution >= 4 is 9.20 Å². The van der Waals surface area contributed by atoms with E-state index >= 15 is 0 Å². The average molecular weight is 215 g/mol. The van der Waals surface area contributed by atoms with Crippen molar-refractivity contribution in [2.24, 2.45) is 5.92 Å². The Morgan fingerprint density at radius 3 is 2.57 bits per heavy atom. The summed E-state index contributed by atoms with van der Waals surface area (Å²) in [6.07, 6.45) is 8.73. The topological polar surface area (TPSA) is 21.3 Å². The van der Waals surface area contributed by atoms with Crippen LogP contribution in [-0.4, -0.2) is 22.9 Å². The lowest BCUT2D eigenvalue weighted by atomic mass is 9.88. The molecule has 1 fully saturated rings. The summed E-state index contributed by atoms with van der Waals surface area (Å²) >= 11 is 0. The first-order valence-corrected chi connectivity index (χ1v) is 7.99. The third kappa shape index (κ3) is 4.58. The van der Waals surface area contributed by atoms with Gasteiger partial charge in [-0.3, -0.25) is 0 Å². The highest BCUT2D eigenvalue weighted by Gasteiger charge is 2.16. The summed E-state index contributed by atoms with van der Waals surface area (Å²) in [5, 5.41) is 0. The number of rotatable bonds is 6. The van der Waals surface area contributed by atoms with Crippen LogP contribution in [0.5, 0.6) is 0 Å². The van der Waals surface area contributed by atoms with Crippen molar-refractivity contribution in [3.8, 4) is 0 Å². The Bertz CT molecular complexity index is 132. The SMILES string of the molecule is CCN[SiH](CCC1CCCCC1)OC. The van der Waals surface area contributed by atoms with Crippen molar-refractivity contribution < 1.29 is 4.43 Å². The number of hydrogen-bond donors (Lipinski definition) is 1. The Labute approximate surface area is 90.2 Å². The van der Waals surface area contributed by atoms with E-state index in [-0.39, 0.29) is 0 Å². The molecule has 0 radical (unpaired) electrons. The predicted octanol–water partition coefficient (Wildman–Crippen LogP) is 2.43. The van der Waals surface area contributed by atoms with Gasteiger partial charge in [0, 0.05) is 7.11 Å². The van der Waals surface area contributed by atoms with Gasteiger partial charge in [0.05, 0.1) is 0 Å². The minimum Gasteiger partial charge on any atom is -0.409 e. The first-order valence-electron chi connectivity index (χ1n) is 6.13. The fraction of sp³-hybridized carbons (Fsp3) is 1.00. The van der Waals surface area contributed by atoms with Crippen molar-refractivity contribution in [1.82, 2.24) is 4.98 Å². The predicted molar refractivity (Wildman–Crippen MR) is 63.8 cm³/mol. The lowest BCUT2D eigenvalue weighted by molar-refractivity contribution is 0.338. The van der Waals surface area contributed by atoms with Crippen molar-refractivity contribution in [3.63, 3.8) is 0 Å². The first-order chi connectivity index (χ1) is 6.86. The fourth-order valence-electron chi connectivity index (χ4n) is 2.39. The van der Waals surface area contributed by atoms with E-state index in [0.29, 0.717) is 0 Å². The van der Waals surface area contributed by atoms with Gasteiger partial charge in [0.2, 0.25) is 0 Å². The number of hydrogen-bond acceptors (Lipinski definition) is 2. The van der Waals surface area contributed by atoms with Crippen molar-refractivity contribution in [1.29, 1.82) is 0 Å². The lowest BCUT2D eigenvalue weighted by Crippen LogP contribution is -2.36. The Hall–Kier alpha value is 0.137. The zero-order valence-corrected chi connectivity index (χ0v) is 10.9. The summed E-state index contributed by atoms with van der Waals surface area (Å²) in [7, 11) is 0.828. The monoisotopic (exact) mass is 215 g/mol. The summed E-state index contributed by atoms with van der Waals surface area (Å²) in [6, 6.07) is 1.31. The second kappa shape index (κ2) is 7.43. The van der Waals surface area contributed by atoms with Gasteiger partial charge in [-0.1, -0.05) is 39.0 Å². The molecule has 0 aromatic carbocycles. The molecular formula is C11H25NOSi. The van der Waals surface area contributed by atoms with Crippen LogP contribution in [0.2, 0.25) is 6.04 Å². The molecule has 1 rings (SSSR count). The second-order valence-electron chi connectivity index (χ2n) is 4.36. The van der Waals surface area contributed by atoms with Gasteiger partial charge in [0.1, 0.15) is 0 Å². The first kappa shape index (κ1) is 12.2. The molecule has 0 heterocycles. The second-order valence-corrected chi connectivity index (χ2v) is 6.80. The zero-order chi connectivity index (χ0) is 10.2. The summed E-state index contributed by atoms with van der Waals surface area (Å²) in [6.45, 7) is 3.23. The van der Waals surface area contributed by atoms with Crippen molar-refractivity contribution in [3.05, 3.63) is 0 Å². The molecule has 3 heteroatoms. The van der Waals surface area contributed by atoms with Crippen LogP contribution < -0.4 is 4.98 Å². The molecule has 1 saturated carbocycles. The van der Waals surface area contributed by atoms with E-state index in [1.54, 1.807) is 0 Å². The van der Waals surface area contributed by atoms with Gasteiger partial charge in [-0.25, -0.2) is 0 Å². The molecule has 1 aliphatic carbocycles. The molecule has 1 N–H and O–H groups in total. The van der Waals surface area contributed by atoms with Gasteiger partial charge in [-0.15, -0.1) is 0 Å². The van der Waals surface area contributed by atoms with Crippen LogP contribution >= 0.6 is 0 Å². The van der Waals surface area contributed by atoms with E-state index in [1.165, 1.54) is 44.6 Å². The Morgan fingerprint density at radius 1 is 1.29 bits per heavy atom. The molecule has 2 nitrogen and oxygen atoms in total. The maximum atomic E-state index is 5.51. The third-order valence-electron chi connectivity index (χ3n) is 3.28. The normalized spacial score (nSPS) is 21.0. The van der Waals surface area contributed by atoms with Crippen LogP contribution in [0.3, 0.4) is 0 Å². The lowest BCUT2D eigenvalue weighted by Gasteiger charge is -2.23. The van der Waals surface area contributed by atoms with Crippen LogP contribution in [0.4, 0.5) is 0 Å². The van der Waals surface area contributed by atoms with Crippen LogP contribution in [-0.2, 0) is 4.43 Å². The zero-order valence-electron chi connectivity index (χ0n) is 9.72. The van der Waals surface area contributed by atoms with Crippen LogP contribution in [0.15, 0.2) is 0 Å². The molecule has 1 unspecified atom stereocenters. The molecule has 0 aromatic heterocycles.